The summed E-state index contributed by atoms with van der Waals surface area (Å²) in [6.45, 7) is 2.03. The first-order chi connectivity index (χ1) is 8.13. The summed E-state index contributed by atoms with van der Waals surface area (Å²) in [5.41, 5.74) is 1.07. The fourth-order valence-electron chi connectivity index (χ4n) is 1.42. The predicted octanol–water partition coefficient (Wildman–Crippen LogP) is 3.91. The van der Waals surface area contributed by atoms with Gasteiger partial charge in [-0.05, 0) is 18.6 Å². The molecule has 2 rings (SSSR count). The third-order valence-electron chi connectivity index (χ3n) is 2.37. The third kappa shape index (κ3) is 2.50. The van der Waals surface area contributed by atoms with E-state index < -0.39 is 5.82 Å². The zero-order chi connectivity index (χ0) is 12.4. The highest BCUT2D eigenvalue weighted by Gasteiger charge is 2.13. The van der Waals surface area contributed by atoms with Crippen molar-refractivity contribution in [3.63, 3.8) is 0 Å². The van der Waals surface area contributed by atoms with Gasteiger partial charge in [0.2, 0.25) is 0 Å². The van der Waals surface area contributed by atoms with Gasteiger partial charge in [-0.2, -0.15) is 0 Å². The number of aromatic nitrogens is 3. The Hall–Kier alpha value is -0.940. The molecule has 0 bridgehead atoms. The van der Waals surface area contributed by atoms with Crippen molar-refractivity contribution in [2.24, 2.45) is 0 Å². The smallest absolute Gasteiger partial charge is 0.167 e. The summed E-state index contributed by atoms with van der Waals surface area (Å²) in [6, 6.07) is 4.78. The van der Waals surface area contributed by atoms with E-state index in [0.29, 0.717) is 5.69 Å². The van der Waals surface area contributed by atoms with Crippen LogP contribution < -0.4 is 0 Å². The SMILES string of the molecule is CCC(Br)c1cn(-c2cccc(Cl)c2F)nn1. The van der Waals surface area contributed by atoms with Gasteiger partial charge in [0.15, 0.2) is 5.82 Å². The summed E-state index contributed by atoms with van der Waals surface area (Å²) in [7, 11) is 0. The van der Waals surface area contributed by atoms with Crippen LogP contribution in [-0.2, 0) is 0 Å². The molecule has 0 N–H and O–H groups in total. The zero-order valence-electron chi connectivity index (χ0n) is 9.07. The molecule has 0 spiro atoms. The van der Waals surface area contributed by atoms with Crippen molar-refractivity contribution in [3.05, 3.63) is 40.9 Å². The molecule has 0 saturated carbocycles. The van der Waals surface area contributed by atoms with Gasteiger partial charge in [0, 0.05) is 0 Å². The zero-order valence-corrected chi connectivity index (χ0v) is 11.4. The standard InChI is InChI=1S/C11H10BrClFN3/c1-2-7(12)9-6-17(16-15-9)10-5-3-4-8(13)11(10)14/h3-7H,2H2,1H3. The Labute approximate surface area is 112 Å². The van der Waals surface area contributed by atoms with Crippen LogP contribution in [0.15, 0.2) is 24.4 Å². The van der Waals surface area contributed by atoms with Gasteiger partial charge >= 0.3 is 0 Å². The maximum Gasteiger partial charge on any atom is 0.167 e. The van der Waals surface area contributed by atoms with Gasteiger partial charge < -0.3 is 0 Å². The normalized spacial score (nSPS) is 12.7. The van der Waals surface area contributed by atoms with Crippen LogP contribution in [0.2, 0.25) is 5.02 Å². The Kier molecular flexibility index (Phi) is 3.79. The first-order valence-corrected chi connectivity index (χ1v) is 6.43. The monoisotopic (exact) mass is 317 g/mol. The summed E-state index contributed by atoms with van der Waals surface area (Å²) < 4.78 is 15.1. The molecule has 1 atom stereocenters. The number of alkyl halides is 1. The molecule has 0 radical (unpaired) electrons. The summed E-state index contributed by atoms with van der Waals surface area (Å²) in [6.07, 6.45) is 2.58. The second-order valence-corrected chi connectivity index (χ2v) is 5.05. The minimum atomic E-state index is -0.492. The van der Waals surface area contributed by atoms with Crippen molar-refractivity contribution in [1.82, 2.24) is 15.0 Å². The second kappa shape index (κ2) is 5.14. The highest BCUT2D eigenvalue weighted by molar-refractivity contribution is 9.09. The van der Waals surface area contributed by atoms with Crippen LogP contribution in [0, 0.1) is 5.82 Å². The summed E-state index contributed by atoms with van der Waals surface area (Å²) in [5.74, 6) is -0.492. The minimum absolute atomic E-state index is 0.0745. The molecule has 6 heteroatoms. The van der Waals surface area contributed by atoms with Crippen molar-refractivity contribution in [2.75, 3.05) is 0 Å². The lowest BCUT2D eigenvalue weighted by Crippen LogP contribution is -1.98. The van der Waals surface area contributed by atoms with E-state index in [4.69, 9.17) is 11.6 Å². The molecule has 1 heterocycles. The molecule has 2 aromatic rings. The van der Waals surface area contributed by atoms with E-state index in [2.05, 4.69) is 26.2 Å². The molecule has 0 aliphatic rings. The lowest BCUT2D eigenvalue weighted by molar-refractivity contribution is 0.607. The van der Waals surface area contributed by atoms with Crippen LogP contribution in [0.4, 0.5) is 4.39 Å². The molecular formula is C11H10BrClFN3. The van der Waals surface area contributed by atoms with Crippen LogP contribution in [0.5, 0.6) is 0 Å². The third-order valence-corrected chi connectivity index (χ3v) is 3.78. The molecule has 0 aliphatic heterocycles. The van der Waals surface area contributed by atoms with Crippen LogP contribution >= 0.6 is 27.5 Å². The van der Waals surface area contributed by atoms with Crippen LogP contribution in [0.3, 0.4) is 0 Å². The minimum Gasteiger partial charge on any atom is -0.217 e. The number of nitrogens with zero attached hydrogens (tertiary/aromatic N) is 3. The van der Waals surface area contributed by atoms with E-state index in [-0.39, 0.29) is 9.85 Å². The molecule has 1 unspecified atom stereocenters. The van der Waals surface area contributed by atoms with Crippen LogP contribution in [0.25, 0.3) is 5.69 Å². The number of halogens is 3. The molecular weight excluding hydrogens is 308 g/mol. The maximum absolute atomic E-state index is 13.7. The average Bonchev–Trinajstić information content (AvgIpc) is 2.81. The molecule has 0 saturated heterocycles. The second-order valence-electron chi connectivity index (χ2n) is 3.54. The first kappa shape index (κ1) is 12.5. The molecule has 3 nitrogen and oxygen atoms in total. The molecule has 17 heavy (non-hydrogen) atoms. The largest absolute Gasteiger partial charge is 0.217 e. The van der Waals surface area contributed by atoms with E-state index in [9.17, 15) is 4.39 Å². The van der Waals surface area contributed by atoms with Crippen molar-refractivity contribution in [3.8, 4) is 5.69 Å². The number of rotatable bonds is 3. The van der Waals surface area contributed by atoms with Gasteiger partial charge in [0.25, 0.3) is 0 Å². The summed E-state index contributed by atoms with van der Waals surface area (Å²) in [5, 5.41) is 7.96. The molecule has 1 aromatic heterocycles. The van der Waals surface area contributed by atoms with Crippen LogP contribution in [-0.4, -0.2) is 15.0 Å². The highest BCUT2D eigenvalue weighted by atomic mass is 79.9. The lowest BCUT2D eigenvalue weighted by atomic mass is 10.2. The molecule has 1 aromatic carbocycles. The number of hydrogen-bond acceptors (Lipinski definition) is 2. The maximum atomic E-state index is 13.7. The van der Waals surface area contributed by atoms with Crippen molar-refractivity contribution < 1.29 is 4.39 Å². The molecule has 0 fully saturated rings. The fourth-order valence-corrected chi connectivity index (χ4v) is 1.80. The van der Waals surface area contributed by atoms with Gasteiger partial charge in [-0.15, -0.1) is 5.10 Å². The van der Waals surface area contributed by atoms with Gasteiger partial charge in [-0.1, -0.05) is 45.7 Å². The van der Waals surface area contributed by atoms with Gasteiger partial charge in [0.05, 0.1) is 21.7 Å². The Balaban J connectivity index is 2.40. The quantitative estimate of drug-likeness (QED) is 0.803. The van der Waals surface area contributed by atoms with Crippen molar-refractivity contribution in [2.45, 2.75) is 18.2 Å². The van der Waals surface area contributed by atoms with Crippen molar-refractivity contribution >= 4 is 27.5 Å². The number of hydrogen-bond donors (Lipinski definition) is 0. The Morgan fingerprint density at radius 1 is 1.53 bits per heavy atom. The van der Waals surface area contributed by atoms with E-state index in [0.717, 1.165) is 12.1 Å². The van der Waals surface area contributed by atoms with Crippen molar-refractivity contribution in [1.29, 1.82) is 0 Å². The van der Waals surface area contributed by atoms with E-state index in [1.807, 2.05) is 6.92 Å². The van der Waals surface area contributed by atoms with E-state index in [1.165, 1.54) is 10.7 Å². The first-order valence-electron chi connectivity index (χ1n) is 5.14. The topological polar surface area (TPSA) is 30.7 Å². The lowest BCUT2D eigenvalue weighted by Gasteiger charge is -2.03. The Morgan fingerprint density at radius 3 is 3.00 bits per heavy atom. The van der Waals surface area contributed by atoms with Crippen LogP contribution in [0.1, 0.15) is 23.9 Å². The molecule has 90 valence electrons. The van der Waals surface area contributed by atoms with Gasteiger partial charge in [-0.25, -0.2) is 9.07 Å². The highest BCUT2D eigenvalue weighted by Crippen LogP contribution is 2.25. The Bertz CT molecular complexity index is 529. The summed E-state index contributed by atoms with van der Waals surface area (Å²) in [4.78, 5) is 0.124. The number of benzene rings is 1. The fraction of sp³-hybridized carbons (Fsp3) is 0.273. The summed E-state index contributed by atoms with van der Waals surface area (Å²) >= 11 is 9.18. The van der Waals surface area contributed by atoms with E-state index in [1.54, 1.807) is 18.3 Å². The predicted molar refractivity (Wildman–Crippen MR) is 68.3 cm³/mol. The molecule has 0 amide bonds. The Morgan fingerprint density at radius 2 is 2.29 bits per heavy atom. The van der Waals surface area contributed by atoms with Gasteiger partial charge in [-0.3, -0.25) is 0 Å². The molecule has 0 aliphatic carbocycles. The van der Waals surface area contributed by atoms with Gasteiger partial charge in [0.1, 0.15) is 5.69 Å². The van der Waals surface area contributed by atoms with E-state index >= 15 is 0 Å². The average molecular weight is 319 g/mol.